The maximum atomic E-state index is 12.1. The molecule has 0 aromatic heterocycles. The largest absolute Gasteiger partial charge is 0.353 e. The third-order valence-corrected chi connectivity index (χ3v) is 4.39. The maximum Gasteiger partial charge on any atom is 0.224 e. The second-order valence-electron chi connectivity index (χ2n) is 5.74. The zero-order chi connectivity index (χ0) is 12.1. The number of amides is 1. The third kappa shape index (κ3) is 3.70. The van der Waals surface area contributed by atoms with Crippen molar-refractivity contribution in [2.75, 3.05) is 13.1 Å². The number of rotatable bonds is 3. The number of nitrogens with one attached hydrogen (secondary N) is 2. The van der Waals surface area contributed by atoms with E-state index >= 15 is 0 Å². The molecule has 1 saturated heterocycles. The molecule has 1 unspecified atom stereocenters. The van der Waals surface area contributed by atoms with Gasteiger partial charge >= 0.3 is 0 Å². The van der Waals surface area contributed by atoms with Crippen LogP contribution in [0.3, 0.4) is 0 Å². The first-order chi connectivity index (χ1) is 8.27. The molecule has 2 N–H and O–H groups in total. The minimum Gasteiger partial charge on any atom is -0.353 e. The summed E-state index contributed by atoms with van der Waals surface area (Å²) in [5.41, 5.74) is 0. The van der Waals surface area contributed by atoms with Crippen molar-refractivity contribution >= 4 is 5.91 Å². The molecule has 2 fully saturated rings. The van der Waals surface area contributed by atoms with E-state index in [1.54, 1.807) is 0 Å². The van der Waals surface area contributed by atoms with Crippen LogP contribution in [-0.4, -0.2) is 25.0 Å². The van der Waals surface area contributed by atoms with Crippen molar-refractivity contribution in [2.45, 2.75) is 57.9 Å². The van der Waals surface area contributed by atoms with Gasteiger partial charge in [0.05, 0.1) is 5.92 Å². The van der Waals surface area contributed by atoms with Crippen LogP contribution in [0, 0.1) is 11.8 Å². The van der Waals surface area contributed by atoms with Gasteiger partial charge in [0.1, 0.15) is 0 Å². The summed E-state index contributed by atoms with van der Waals surface area (Å²) in [7, 11) is 0. The summed E-state index contributed by atoms with van der Waals surface area (Å²) in [6, 6.07) is 0.365. The molecule has 2 rings (SSSR count). The lowest BCUT2D eigenvalue weighted by atomic mass is 9.84. The van der Waals surface area contributed by atoms with E-state index in [0.29, 0.717) is 12.0 Å². The van der Waals surface area contributed by atoms with Gasteiger partial charge < -0.3 is 10.6 Å². The standard InChI is InChI=1S/C14H26N2O/c1-11(12-6-3-2-4-7-12)16-14(17)13-8-5-9-15-10-13/h11-13,15H,2-10H2,1H3,(H,16,17)/t11?,13-/m0/s1. The normalized spacial score (nSPS) is 28.6. The SMILES string of the molecule is CC(NC(=O)[C@H]1CCCNC1)C1CCCCC1. The Hall–Kier alpha value is -0.570. The molecule has 0 bridgehead atoms. The van der Waals surface area contributed by atoms with Gasteiger partial charge in [-0.2, -0.15) is 0 Å². The van der Waals surface area contributed by atoms with E-state index in [2.05, 4.69) is 17.6 Å². The van der Waals surface area contributed by atoms with E-state index in [-0.39, 0.29) is 11.8 Å². The van der Waals surface area contributed by atoms with Gasteiger partial charge in [-0.05, 0) is 45.1 Å². The van der Waals surface area contributed by atoms with Crippen LogP contribution in [0.1, 0.15) is 51.9 Å². The second-order valence-corrected chi connectivity index (χ2v) is 5.74. The highest BCUT2D eigenvalue weighted by molar-refractivity contribution is 5.79. The average Bonchev–Trinajstić information content (AvgIpc) is 2.40. The molecule has 17 heavy (non-hydrogen) atoms. The van der Waals surface area contributed by atoms with E-state index in [0.717, 1.165) is 25.9 Å². The molecule has 0 radical (unpaired) electrons. The minimum absolute atomic E-state index is 0.204. The Bertz CT molecular complexity index is 243. The highest BCUT2D eigenvalue weighted by Crippen LogP contribution is 2.26. The van der Waals surface area contributed by atoms with Crippen molar-refractivity contribution in [1.29, 1.82) is 0 Å². The van der Waals surface area contributed by atoms with E-state index in [4.69, 9.17) is 0 Å². The Morgan fingerprint density at radius 3 is 2.59 bits per heavy atom. The van der Waals surface area contributed by atoms with Gasteiger partial charge in [0.25, 0.3) is 0 Å². The highest BCUT2D eigenvalue weighted by atomic mass is 16.2. The van der Waals surface area contributed by atoms with Crippen molar-refractivity contribution in [3.8, 4) is 0 Å². The molecule has 2 atom stereocenters. The van der Waals surface area contributed by atoms with Crippen LogP contribution in [0.15, 0.2) is 0 Å². The minimum atomic E-state index is 0.204. The number of carbonyl (C=O) groups is 1. The van der Waals surface area contributed by atoms with Gasteiger partial charge in [0, 0.05) is 12.6 Å². The van der Waals surface area contributed by atoms with Crippen molar-refractivity contribution in [1.82, 2.24) is 10.6 Å². The summed E-state index contributed by atoms with van der Waals surface area (Å²) < 4.78 is 0. The van der Waals surface area contributed by atoms with Crippen LogP contribution < -0.4 is 10.6 Å². The Morgan fingerprint density at radius 2 is 1.94 bits per heavy atom. The quantitative estimate of drug-likeness (QED) is 0.790. The summed E-state index contributed by atoms with van der Waals surface area (Å²) >= 11 is 0. The van der Waals surface area contributed by atoms with Crippen LogP contribution >= 0.6 is 0 Å². The number of carbonyl (C=O) groups excluding carboxylic acids is 1. The van der Waals surface area contributed by atoms with Gasteiger partial charge in [0.15, 0.2) is 0 Å². The summed E-state index contributed by atoms with van der Waals surface area (Å²) in [4.78, 5) is 12.1. The molecule has 1 saturated carbocycles. The van der Waals surface area contributed by atoms with E-state index in [1.165, 1.54) is 32.1 Å². The fourth-order valence-corrected chi connectivity index (χ4v) is 3.17. The number of hydrogen-bond acceptors (Lipinski definition) is 2. The van der Waals surface area contributed by atoms with Crippen LogP contribution in [0.4, 0.5) is 0 Å². The predicted molar refractivity (Wildman–Crippen MR) is 69.8 cm³/mol. The lowest BCUT2D eigenvalue weighted by molar-refractivity contribution is -0.126. The fourth-order valence-electron chi connectivity index (χ4n) is 3.17. The Balaban J connectivity index is 1.76. The van der Waals surface area contributed by atoms with E-state index in [9.17, 15) is 4.79 Å². The molecular weight excluding hydrogens is 212 g/mol. The predicted octanol–water partition coefficient (Wildman–Crippen LogP) is 2.07. The van der Waals surface area contributed by atoms with Crippen LogP contribution in [-0.2, 0) is 4.79 Å². The van der Waals surface area contributed by atoms with E-state index in [1.807, 2.05) is 0 Å². The van der Waals surface area contributed by atoms with Crippen molar-refractivity contribution in [3.05, 3.63) is 0 Å². The molecule has 0 spiro atoms. The summed E-state index contributed by atoms with van der Waals surface area (Å²) in [5.74, 6) is 1.19. The van der Waals surface area contributed by atoms with Gasteiger partial charge in [0.2, 0.25) is 5.91 Å². The summed E-state index contributed by atoms with van der Waals surface area (Å²) in [5, 5.41) is 6.55. The van der Waals surface area contributed by atoms with E-state index < -0.39 is 0 Å². The highest BCUT2D eigenvalue weighted by Gasteiger charge is 2.25. The lowest BCUT2D eigenvalue weighted by Gasteiger charge is -2.30. The first-order valence-corrected chi connectivity index (χ1v) is 7.28. The topological polar surface area (TPSA) is 41.1 Å². The number of piperidine rings is 1. The van der Waals surface area contributed by atoms with Gasteiger partial charge in [-0.25, -0.2) is 0 Å². The Kier molecular flexibility index (Phi) is 4.84. The molecule has 0 aromatic rings. The zero-order valence-electron chi connectivity index (χ0n) is 11.0. The van der Waals surface area contributed by atoms with Crippen LogP contribution in [0.25, 0.3) is 0 Å². The Morgan fingerprint density at radius 1 is 1.18 bits per heavy atom. The average molecular weight is 238 g/mol. The molecule has 1 aliphatic carbocycles. The first kappa shape index (κ1) is 12.9. The zero-order valence-corrected chi connectivity index (χ0v) is 11.0. The van der Waals surface area contributed by atoms with Crippen LogP contribution in [0.2, 0.25) is 0 Å². The Labute approximate surface area is 105 Å². The smallest absolute Gasteiger partial charge is 0.224 e. The molecule has 1 heterocycles. The molecule has 3 nitrogen and oxygen atoms in total. The first-order valence-electron chi connectivity index (χ1n) is 7.28. The molecule has 1 amide bonds. The molecule has 3 heteroatoms. The van der Waals surface area contributed by atoms with Gasteiger partial charge in [-0.1, -0.05) is 19.3 Å². The molecule has 1 aliphatic heterocycles. The van der Waals surface area contributed by atoms with Gasteiger partial charge in [-0.3, -0.25) is 4.79 Å². The molecule has 2 aliphatic rings. The van der Waals surface area contributed by atoms with Crippen molar-refractivity contribution < 1.29 is 4.79 Å². The third-order valence-electron chi connectivity index (χ3n) is 4.39. The molecule has 0 aromatic carbocycles. The fraction of sp³-hybridized carbons (Fsp3) is 0.929. The van der Waals surface area contributed by atoms with Gasteiger partial charge in [-0.15, -0.1) is 0 Å². The lowest BCUT2D eigenvalue weighted by Crippen LogP contribution is -2.46. The summed E-state index contributed by atoms with van der Waals surface area (Å²) in [6.07, 6.45) is 8.84. The maximum absolute atomic E-state index is 12.1. The summed E-state index contributed by atoms with van der Waals surface area (Å²) in [6.45, 7) is 4.12. The molecular formula is C14H26N2O. The monoisotopic (exact) mass is 238 g/mol. The van der Waals surface area contributed by atoms with Crippen molar-refractivity contribution in [3.63, 3.8) is 0 Å². The molecule has 98 valence electrons. The van der Waals surface area contributed by atoms with Crippen molar-refractivity contribution in [2.24, 2.45) is 11.8 Å². The van der Waals surface area contributed by atoms with Crippen LogP contribution in [0.5, 0.6) is 0 Å². The second kappa shape index (κ2) is 6.39. The number of hydrogen-bond donors (Lipinski definition) is 2.